The maximum absolute atomic E-state index is 9.44. The normalized spacial score (nSPS) is 24.6. The zero-order valence-corrected chi connectivity index (χ0v) is 6.58. The molecule has 0 aliphatic carbocycles. The van der Waals surface area contributed by atoms with Crippen LogP contribution >= 0.6 is 0 Å². The van der Waals surface area contributed by atoms with Gasteiger partial charge >= 0.3 is 0 Å². The van der Waals surface area contributed by atoms with Crippen LogP contribution in [-0.4, -0.2) is 24.3 Å². The number of piperidine rings is 1. The second kappa shape index (κ2) is 3.94. The topological polar surface area (TPSA) is 34.3 Å². The van der Waals surface area contributed by atoms with Gasteiger partial charge in [0.15, 0.2) is 0 Å². The first-order valence-electron chi connectivity index (χ1n) is 4.16. The van der Waals surface area contributed by atoms with E-state index in [1.807, 2.05) is 6.92 Å². The molecule has 1 unspecified atom stereocenters. The standard InChI is InChI=1S/C8H16NO/c1-2-8(10)7-3-5-9-6-4-7/h7-8,10H,2-6H2,1H3. The fraction of sp³-hybridized carbons (Fsp3) is 1.00. The molecule has 1 rings (SSSR count). The molecule has 1 atom stereocenters. The molecule has 1 fully saturated rings. The molecule has 0 amide bonds. The molecule has 1 heterocycles. The number of nitrogens with zero attached hydrogens (tertiary/aromatic N) is 1. The first-order chi connectivity index (χ1) is 4.84. The first-order valence-corrected chi connectivity index (χ1v) is 4.16. The van der Waals surface area contributed by atoms with Crippen LogP contribution in [-0.2, 0) is 0 Å². The number of aliphatic hydroxyl groups is 1. The Morgan fingerprint density at radius 3 is 2.60 bits per heavy atom. The van der Waals surface area contributed by atoms with E-state index < -0.39 is 0 Å². The van der Waals surface area contributed by atoms with Gasteiger partial charge in [-0.1, -0.05) is 6.92 Å². The van der Waals surface area contributed by atoms with Crippen molar-refractivity contribution in [2.75, 3.05) is 13.1 Å². The summed E-state index contributed by atoms with van der Waals surface area (Å²) in [6.45, 7) is 3.96. The molecule has 0 spiro atoms. The summed E-state index contributed by atoms with van der Waals surface area (Å²) in [4.78, 5) is 0. The van der Waals surface area contributed by atoms with Crippen molar-refractivity contribution in [1.29, 1.82) is 0 Å². The van der Waals surface area contributed by atoms with Gasteiger partial charge < -0.3 is 5.11 Å². The van der Waals surface area contributed by atoms with Gasteiger partial charge in [-0.3, -0.25) is 0 Å². The van der Waals surface area contributed by atoms with E-state index in [2.05, 4.69) is 5.32 Å². The van der Waals surface area contributed by atoms with Gasteiger partial charge in [-0.15, -0.1) is 0 Å². The zero-order valence-electron chi connectivity index (χ0n) is 6.58. The third kappa shape index (κ3) is 1.96. The lowest BCUT2D eigenvalue weighted by Gasteiger charge is -2.25. The predicted octanol–water partition coefficient (Wildman–Crippen LogP) is 0.772. The molecule has 0 aromatic heterocycles. The highest BCUT2D eigenvalue weighted by atomic mass is 16.3. The zero-order chi connectivity index (χ0) is 7.40. The summed E-state index contributed by atoms with van der Waals surface area (Å²) < 4.78 is 0. The van der Waals surface area contributed by atoms with Crippen molar-refractivity contribution >= 4 is 0 Å². The molecule has 1 saturated heterocycles. The van der Waals surface area contributed by atoms with Gasteiger partial charge in [-0.05, 0) is 25.2 Å². The van der Waals surface area contributed by atoms with Crippen molar-refractivity contribution in [3.63, 3.8) is 0 Å². The molecular formula is C8H16NO. The Morgan fingerprint density at radius 1 is 1.50 bits per heavy atom. The van der Waals surface area contributed by atoms with Gasteiger partial charge in [-0.2, -0.15) is 0 Å². The minimum atomic E-state index is -0.0736. The summed E-state index contributed by atoms with van der Waals surface area (Å²) in [7, 11) is 0. The van der Waals surface area contributed by atoms with E-state index in [0.29, 0.717) is 5.92 Å². The van der Waals surface area contributed by atoms with Crippen molar-refractivity contribution < 1.29 is 5.11 Å². The van der Waals surface area contributed by atoms with Gasteiger partial charge in [0, 0.05) is 13.1 Å². The van der Waals surface area contributed by atoms with Gasteiger partial charge in [0.1, 0.15) is 0 Å². The maximum Gasteiger partial charge on any atom is 0.0566 e. The summed E-state index contributed by atoms with van der Waals surface area (Å²) in [6.07, 6.45) is 3.00. The highest BCUT2D eigenvalue weighted by Crippen LogP contribution is 2.18. The summed E-state index contributed by atoms with van der Waals surface area (Å²) in [5.41, 5.74) is 0. The van der Waals surface area contributed by atoms with Crippen molar-refractivity contribution in [1.82, 2.24) is 5.32 Å². The van der Waals surface area contributed by atoms with Crippen LogP contribution in [0.2, 0.25) is 0 Å². The Balaban J connectivity index is 2.24. The molecule has 1 radical (unpaired) electrons. The summed E-state index contributed by atoms with van der Waals surface area (Å²) >= 11 is 0. The van der Waals surface area contributed by atoms with Gasteiger partial charge in [0.25, 0.3) is 0 Å². The molecule has 0 aromatic carbocycles. The van der Waals surface area contributed by atoms with E-state index in [9.17, 15) is 5.11 Å². The van der Waals surface area contributed by atoms with Gasteiger partial charge in [0.05, 0.1) is 6.10 Å². The van der Waals surface area contributed by atoms with E-state index in [-0.39, 0.29) is 6.10 Å². The fourth-order valence-electron chi connectivity index (χ4n) is 1.49. The van der Waals surface area contributed by atoms with Crippen molar-refractivity contribution in [3.8, 4) is 0 Å². The second-order valence-corrected chi connectivity index (χ2v) is 2.98. The summed E-state index contributed by atoms with van der Waals surface area (Å²) in [6, 6.07) is 0. The largest absolute Gasteiger partial charge is 0.393 e. The van der Waals surface area contributed by atoms with Crippen LogP contribution in [0.3, 0.4) is 0 Å². The second-order valence-electron chi connectivity index (χ2n) is 2.98. The number of aliphatic hydroxyl groups excluding tert-OH is 1. The molecule has 2 heteroatoms. The van der Waals surface area contributed by atoms with Crippen molar-refractivity contribution in [2.45, 2.75) is 32.3 Å². The van der Waals surface area contributed by atoms with Crippen LogP contribution in [0.15, 0.2) is 0 Å². The number of rotatable bonds is 2. The lowest BCUT2D eigenvalue weighted by molar-refractivity contribution is 0.0849. The lowest BCUT2D eigenvalue weighted by Crippen LogP contribution is -2.30. The molecule has 0 bridgehead atoms. The molecule has 10 heavy (non-hydrogen) atoms. The third-order valence-corrected chi connectivity index (χ3v) is 2.28. The predicted molar refractivity (Wildman–Crippen MR) is 40.9 cm³/mol. The monoisotopic (exact) mass is 142 g/mol. The van der Waals surface area contributed by atoms with E-state index in [0.717, 1.165) is 32.4 Å². The molecule has 0 aromatic rings. The first kappa shape index (κ1) is 8.02. The van der Waals surface area contributed by atoms with E-state index in [4.69, 9.17) is 0 Å². The molecule has 1 aliphatic rings. The average molecular weight is 142 g/mol. The minimum absolute atomic E-state index is 0.0736. The number of hydrogen-bond acceptors (Lipinski definition) is 1. The molecule has 59 valence electrons. The average Bonchev–Trinajstić information content (AvgIpc) is 2.05. The van der Waals surface area contributed by atoms with Crippen LogP contribution in [0, 0.1) is 5.92 Å². The van der Waals surface area contributed by atoms with E-state index in [1.165, 1.54) is 0 Å². The number of hydrogen-bond donors (Lipinski definition) is 1. The van der Waals surface area contributed by atoms with Crippen LogP contribution in [0.5, 0.6) is 0 Å². The molecule has 1 N–H and O–H groups in total. The highest BCUT2D eigenvalue weighted by Gasteiger charge is 2.19. The van der Waals surface area contributed by atoms with Gasteiger partial charge in [0.2, 0.25) is 0 Å². The smallest absolute Gasteiger partial charge is 0.0566 e. The molecule has 1 aliphatic heterocycles. The Labute approximate surface area is 62.6 Å². The van der Waals surface area contributed by atoms with Gasteiger partial charge in [-0.25, -0.2) is 5.32 Å². The highest BCUT2D eigenvalue weighted by molar-refractivity contribution is 4.73. The fourth-order valence-corrected chi connectivity index (χ4v) is 1.49. The molecule has 0 saturated carbocycles. The van der Waals surface area contributed by atoms with Crippen LogP contribution in [0.4, 0.5) is 0 Å². The Morgan fingerprint density at radius 2 is 2.10 bits per heavy atom. The van der Waals surface area contributed by atoms with Crippen LogP contribution < -0.4 is 5.32 Å². The Kier molecular flexibility index (Phi) is 3.16. The third-order valence-electron chi connectivity index (χ3n) is 2.28. The molecular weight excluding hydrogens is 126 g/mol. The Bertz CT molecular complexity index is 89.3. The maximum atomic E-state index is 9.44. The SMILES string of the molecule is CCC(O)C1CC[N]CC1. The van der Waals surface area contributed by atoms with Crippen molar-refractivity contribution in [2.24, 2.45) is 5.92 Å². The summed E-state index contributed by atoms with van der Waals surface area (Å²) in [5, 5.41) is 13.7. The summed E-state index contributed by atoms with van der Waals surface area (Å²) in [5.74, 6) is 0.530. The molecule has 2 nitrogen and oxygen atoms in total. The Hall–Kier alpha value is -0.0800. The van der Waals surface area contributed by atoms with E-state index in [1.54, 1.807) is 0 Å². The van der Waals surface area contributed by atoms with E-state index >= 15 is 0 Å². The van der Waals surface area contributed by atoms with Crippen LogP contribution in [0.25, 0.3) is 0 Å². The van der Waals surface area contributed by atoms with Crippen LogP contribution in [0.1, 0.15) is 26.2 Å². The minimum Gasteiger partial charge on any atom is -0.393 e. The van der Waals surface area contributed by atoms with Crippen molar-refractivity contribution in [3.05, 3.63) is 0 Å². The lowest BCUT2D eigenvalue weighted by atomic mass is 9.91. The quantitative estimate of drug-likeness (QED) is 0.607.